The number of ether oxygens (including phenoxy) is 1. The van der Waals surface area contributed by atoms with Crippen LogP contribution in [0.1, 0.15) is 39.2 Å². The molecule has 2 amide bonds. The summed E-state index contributed by atoms with van der Waals surface area (Å²) in [6.45, 7) is 6.94. The Morgan fingerprint density at radius 3 is 2.54 bits per heavy atom. The van der Waals surface area contributed by atoms with Gasteiger partial charge in [-0.2, -0.15) is 0 Å². The molecule has 24 heavy (non-hydrogen) atoms. The summed E-state index contributed by atoms with van der Waals surface area (Å²) in [4.78, 5) is 26.4. The minimum Gasteiger partial charge on any atom is -0.444 e. The van der Waals surface area contributed by atoms with Gasteiger partial charge in [0.05, 0.1) is 0 Å². The van der Waals surface area contributed by atoms with Crippen LogP contribution in [-0.2, 0) is 16.0 Å². The Bertz CT molecular complexity index is 628. The molecular weight excluding hydrogens is 304 g/mol. The Hall–Kier alpha value is -2.04. The molecule has 130 valence electrons. The fraction of sp³-hybridized carbons (Fsp3) is 0.579. The van der Waals surface area contributed by atoms with E-state index in [-0.39, 0.29) is 17.9 Å². The summed E-state index contributed by atoms with van der Waals surface area (Å²) in [5, 5.41) is 3.03. The van der Waals surface area contributed by atoms with Gasteiger partial charge < -0.3 is 15.0 Å². The fourth-order valence-corrected chi connectivity index (χ4v) is 3.57. The van der Waals surface area contributed by atoms with E-state index in [2.05, 4.69) is 11.4 Å². The number of anilines is 1. The zero-order valence-corrected chi connectivity index (χ0v) is 14.7. The first-order valence-electron chi connectivity index (χ1n) is 8.70. The van der Waals surface area contributed by atoms with Crippen LogP contribution in [0, 0.1) is 11.8 Å². The lowest BCUT2D eigenvalue weighted by Gasteiger charge is -2.37. The Labute approximate surface area is 143 Å². The largest absolute Gasteiger partial charge is 0.444 e. The predicted molar refractivity (Wildman–Crippen MR) is 92.8 cm³/mol. The lowest BCUT2D eigenvalue weighted by Crippen LogP contribution is -2.45. The molecule has 1 aromatic rings. The number of benzene rings is 1. The molecule has 1 fully saturated rings. The topological polar surface area (TPSA) is 58.6 Å². The van der Waals surface area contributed by atoms with Gasteiger partial charge in [0.15, 0.2) is 0 Å². The lowest BCUT2D eigenvalue weighted by molar-refractivity contribution is -0.122. The number of amides is 2. The maximum atomic E-state index is 12.4. The molecule has 3 rings (SSSR count). The third-order valence-corrected chi connectivity index (χ3v) is 4.81. The number of carbonyl (C=O) groups excluding carboxylic acids is 2. The molecule has 0 radical (unpaired) electrons. The summed E-state index contributed by atoms with van der Waals surface area (Å²) >= 11 is 0. The number of fused-ring (bicyclic) bond motifs is 1. The van der Waals surface area contributed by atoms with Crippen molar-refractivity contribution >= 4 is 17.7 Å². The van der Waals surface area contributed by atoms with Crippen molar-refractivity contribution in [1.29, 1.82) is 0 Å². The van der Waals surface area contributed by atoms with Gasteiger partial charge in [0, 0.05) is 24.7 Å². The summed E-state index contributed by atoms with van der Waals surface area (Å²) in [5.41, 5.74) is 1.67. The van der Waals surface area contributed by atoms with E-state index in [0.29, 0.717) is 19.0 Å². The van der Waals surface area contributed by atoms with Gasteiger partial charge in [-0.1, -0.05) is 18.2 Å². The van der Waals surface area contributed by atoms with Gasteiger partial charge in [0.25, 0.3) is 0 Å². The van der Waals surface area contributed by atoms with Crippen LogP contribution in [0.2, 0.25) is 0 Å². The number of rotatable bonds is 1. The van der Waals surface area contributed by atoms with Gasteiger partial charge in [-0.05, 0) is 57.6 Å². The third-order valence-electron chi connectivity index (χ3n) is 4.81. The molecule has 5 nitrogen and oxygen atoms in total. The average molecular weight is 330 g/mol. The van der Waals surface area contributed by atoms with Crippen LogP contribution in [0.4, 0.5) is 10.5 Å². The number of likely N-dealkylation sites (tertiary alicyclic amines) is 1. The molecule has 2 heterocycles. The predicted octanol–water partition coefficient (Wildman–Crippen LogP) is 3.44. The molecule has 0 bridgehead atoms. The maximum Gasteiger partial charge on any atom is 0.410 e. The van der Waals surface area contributed by atoms with Crippen LogP contribution in [-0.4, -0.2) is 35.6 Å². The third kappa shape index (κ3) is 3.71. The van der Waals surface area contributed by atoms with E-state index in [1.54, 1.807) is 4.90 Å². The molecule has 0 aromatic heterocycles. The summed E-state index contributed by atoms with van der Waals surface area (Å²) in [6.07, 6.45) is 2.23. The number of hydrogen-bond donors (Lipinski definition) is 1. The highest BCUT2D eigenvalue weighted by Crippen LogP contribution is 2.34. The van der Waals surface area contributed by atoms with Gasteiger partial charge in [-0.25, -0.2) is 4.79 Å². The van der Waals surface area contributed by atoms with Crippen LogP contribution >= 0.6 is 0 Å². The van der Waals surface area contributed by atoms with Crippen molar-refractivity contribution in [1.82, 2.24) is 4.90 Å². The molecular formula is C19H26N2O3. The van der Waals surface area contributed by atoms with Gasteiger partial charge in [-0.3, -0.25) is 4.79 Å². The van der Waals surface area contributed by atoms with Gasteiger partial charge in [-0.15, -0.1) is 0 Å². The summed E-state index contributed by atoms with van der Waals surface area (Å²) in [7, 11) is 0. The van der Waals surface area contributed by atoms with E-state index in [4.69, 9.17) is 4.74 Å². The number of para-hydroxylation sites is 1. The second-order valence-corrected chi connectivity index (χ2v) is 7.76. The molecule has 1 unspecified atom stereocenters. The minimum absolute atomic E-state index is 0.000636. The Morgan fingerprint density at radius 2 is 1.88 bits per heavy atom. The van der Waals surface area contributed by atoms with Gasteiger partial charge in [0.1, 0.15) is 5.60 Å². The molecule has 0 saturated carbocycles. The molecule has 1 saturated heterocycles. The summed E-state index contributed by atoms with van der Waals surface area (Å²) in [6, 6.07) is 7.99. The molecule has 1 atom stereocenters. The first-order valence-corrected chi connectivity index (χ1v) is 8.70. The SMILES string of the molecule is CC(C)(C)OC(=O)N1CCC(C2Cc3ccccc3NC2=O)CC1. The van der Waals surface area contributed by atoms with Crippen LogP contribution in [0.15, 0.2) is 24.3 Å². The van der Waals surface area contributed by atoms with Crippen molar-refractivity contribution in [2.75, 3.05) is 18.4 Å². The number of nitrogens with one attached hydrogen (secondary N) is 1. The second-order valence-electron chi connectivity index (χ2n) is 7.76. The van der Waals surface area contributed by atoms with E-state index in [0.717, 1.165) is 24.9 Å². The molecule has 2 aliphatic heterocycles. The van der Waals surface area contributed by atoms with Crippen molar-refractivity contribution in [3.8, 4) is 0 Å². The van der Waals surface area contributed by atoms with Crippen LogP contribution < -0.4 is 5.32 Å². The standard InChI is InChI=1S/C19H26N2O3/c1-19(2,3)24-18(23)21-10-8-13(9-11-21)15-12-14-6-4-5-7-16(14)20-17(15)22/h4-7,13,15H,8-12H2,1-3H3,(H,20,22). The van der Waals surface area contributed by atoms with E-state index in [1.807, 2.05) is 39.0 Å². The molecule has 0 aliphatic carbocycles. The smallest absolute Gasteiger partial charge is 0.410 e. The number of nitrogens with zero attached hydrogens (tertiary/aromatic N) is 1. The van der Waals surface area contributed by atoms with E-state index >= 15 is 0 Å². The molecule has 2 aliphatic rings. The summed E-state index contributed by atoms with van der Waals surface area (Å²) in [5.74, 6) is 0.433. The van der Waals surface area contributed by atoms with Crippen molar-refractivity contribution in [2.45, 2.75) is 45.6 Å². The van der Waals surface area contributed by atoms with Crippen LogP contribution in [0.25, 0.3) is 0 Å². The lowest BCUT2D eigenvalue weighted by atomic mass is 9.78. The highest BCUT2D eigenvalue weighted by atomic mass is 16.6. The van der Waals surface area contributed by atoms with Crippen molar-refractivity contribution < 1.29 is 14.3 Å². The van der Waals surface area contributed by atoms with E-state index in [1.165, 1.54) is 5.56 Å². The summed E-state index contributed by atoms with van der Waals surface area (Å²) < 4.78 is 5.43. The Balaban J connectivity index is 1.59. The van der Waals surface area contributed by atoms with Gasteiger partial charge in [0.2, 0.25) is 5.91 Å². The normalized spacial score (nSPS) is 21.9. The van der Waals surface area contributed by atoms with Gasteiger partial charge >= 0.3 is 6.09 Å². The fourth-order valence-electron chi connectivity index (χ4n) is 3.57. The Morgan fingerprint density at radius 1 is 1.21 bits per heavy atom. The first kappa shape index (κ1) is 16.8. The molecule has 5 heteroatoms. The molecule has 1 aromatic carbocycles. The highest BCUT2D eigenvalue weighted by Gasteiger charge is 2.36. The molecule has 0 spiro atoms. The second kappa shape index (κ2) is 6.46. The zero-order valence-electron chi connectivity index (χ0n) is 14.7. The zero-order chi connectivity index (χ0) is 17.3. The average Bonchev–Trinajstić information content (AvgIpc) is 2.53. The first-order chi connectivity index (χ1) is 11.3. The minimum atomic E-state index is -0.471. The molecule has 1 N–H and O–H groups in total. The quantitative estimate of drug-likeness (QED) is 0.858. The van der Waals surface area contributed by atoms with Crippen molar-refractivity contribution in [3.63, 3.8) is 0 Å². The maximum absolute atomic E-state index is 12.4. The van der Waals surface area contributed by atoms with Crippen molar-refractivity contribution in [3.05, 3.63) is 29.8 Å². The van der Waals surface area contributed by atoms with E-state index in [9.17, 15) is 9.59 Å². The number of carbonyl (C=O) groups is 2. The van der Waals surface area contributed by atoms with E-state index < -0.39 is 5.60 Å². The van der Waals surface area contributed by atoms with Crippen molar-refractivity contribution in [2.24, 2.45) is 11.8 Å². The highest BCUT2D eigenvalue weighted by molar-refractivity contribution is 5.95. The Kier molecular flexibility index (Phi) is 4.52. The monoisotopic (exact) mass is 330 g/mol. The van der Waals surface area contributed by atoms with Crippen LogP contribution in [0.5, 0.6) is 0 Å². The van der Waals surface area contributed by atoms with Crippen LogP contribution in [0.3, 0.4) is 0 Å². The number of hydrogen-bond acceptors (Lipinski definition) is 3. The number of piperidine rings is 1.